The first-order valence-corrected chi connectivity index (χ1v) is 14.3. The Morgan fingerprint density at radius 2 is 1.21 bits per heavy atom. The first kappa shape index (κ1) is 23.3. The molecule has 0 aliphatic heterocycles. The smallest absolute Gasteiger partial charge is 0.264 e. The predicted octanol–water partition coefficient (Wildman–Crippen LogP) is 7.49. The largest absolute Gasteiger partial charge is 0.268 e. The van der Waals surface area contributed by atoms with E-state index in [1.807, 2.05) is 16.5 Å². The Morgan fingerprint density at radius 1 is 0.548 bits per heavy atom. The van der Waals surface area contributed by atoms with Crippen molar-refractivity contribution in [2.45, 2.75) is 0 Å². The molecule has 0 spiro atoms. The van der Waals surface area contributed by atoms with Crippen LogP contribution in [0.5, 0.6) is 0 Å². The second-order valence-corrected chi connectivity index (χ2v) is 11.2. The number of rotatable bonds is 2. The summed E-state index contributed by atoms with van der Waals surface area (Å²) < 4.78 is 1.83. The van der Waals surface area contributed by atoms with Crippen LogP contribution in [-0.4, -0.2) is 17.2 Å². The van der Waals surface area contributed by atoms with Crippen LogP contribution in [0.15, 0.2) is 132 Å². The molecule has 2 heterocycles. The third-order valence-corrected chi connectivity index (χ3v) is 8.84. The summed E-state index contributed by atoms with van der Waals surface area (Å²) in [7, 11) is 2.10. The van der Waals surface area contributed by atoms with Gasteiger partial charge in [-0.3, -0.25) is 9.20 Å². The molecule has 0 unspecified atom stereocenters. The molecule has 0 amide bonds. The van der Waals surface area contributed by atoms with Crippen molar-refractivity contribution < 1.29 is 0 Å². The molecule has 0 N–H and O–H groups in total. The Hall–Kier alpha value is -5.48. The number of hydrogen-bond donors (Lipinski definition) is 0. The fraction of sp³-hybridized carbons (Fsp3) is 0. The van der Waals surface area contributed by atoms with Crippen LogP contribution in [0.1, 0.15) is 0 Å². The van der Waals surface area contributed by atoms with Gasteiger partial charge in [0.1, 0.15) is 13.5 Å². The van der Waals surface area contributed by atoms with Gasteiger partial charge in [0.25, 0.3) is 5.56 Å². The monoisotopic (exact) mass is 534 g/mol. The molecular formula is C38H23BN2O. The molecule has 0 aliphatic rings. The topological polar surface area (TPSA) is 34.4 Å². The molecule has 0 bridgehead atoms. The van der Waals surface area contributed by atoms with E-state index < -0.39 is 0 Å². The lowest BCUT2D eigenvalue weighted by molar-refractivity contribution is 1.19. The maximum Gasteiger partial charge on any atom is 0.264 e. The van der Waals surface area contributed by atoms with Crippen LogP contribution in [0.3, 0.4) is 0 Å². The van der Waals surface area contributed by atoms with E-state index >= 15 is 0 Å². The van der Waals surface area contributed by atoms with Gasteiger partial charge < -0.3 is 0 Å². The van der Waals surface area contributed by atoms with Crippen molar-refractivity contribution in [2.24, 2.45) is 0 Å². The van der Waals surface area contributed by atoms with Crippen molar-refractivity contribution in [3.05, 3.63) is 138 Å². The number of aromatic nitrogens is 2. The molecule has 0 fully saturated rings. The summed E-state index contributed by atoms with van der Waals surface area (Å²) >= 11 is 0. The summed E-state index contributed by atoms with van der Waals surface area (Å²) in [6, 6.07) is 44.6. The van der Waals surface area contributed by atoms with Crippen LogP contribution in [0, 0.1) is 0 Å². The average molecular weight is 534 g/mol. The third-order valence-electron chi connectivity index (χ3n) is 8.84. The first-order valence-electron chi connectivity index (χ1n) is 14.3. The van der Waals surface area contributed by atoms with E-state index in [0.717, 1.165) is 60.3 Å². The number of nitrogens with zero attached hydrogens (tertiary/aromatic N) is 2. The highest BCUT2D eigenvalue weighted by Crippen LogP contribution is 2.38. The summed E-state index contributed by atoms with van der Waals surface area (Å²) in [6.45, 7) is 0. The highest BCUT2D eigenvalue weighted by atomic mass is 16.1. The lowest BCUT2D eigenvalue weighted by Crippen LogP contribution is -2.15. The van der Waals surface area contributed by atoms with E-state index in [0.29, 0.717) is 5.65 Å². The van der Waals surface area contributed by atoms with E-state index in [4.69, 9.17) is 4.98 Å². The van der Waals surface area contributed by atoms with Gasteiger partial charge in [-0.05, 0) is 74.0 Å². The van der Waals surface area contributed by atoms with Gasteiger partial charge in [0.15, 0.2) is 0 Å². The number of hydrogen-bond acceptors (Lipinski definition) is 2. The van der Waals surface area contributed by atoms with Gasteiger partial charge >= 0.3 is 0 Å². The maximum atomic E-state index is 14.2. The van der Waals surface area contributed by atoms with Gasteiger partial charge in [0, 0.05) is 21.7 Å². The second kappa shape index (κ2) is 8.51. The van der Waals surface area contributed by atoms with Crippen LogP contribution in [0.2, 0.25) is 0 Å². The van der Waals surface area contributed by atoms with Crippen LogP contribution in [-0.2, 0) is 0 Å². The van der Waals surface area contributed by atoms with Gasteiger partial charge in [0.05, 0.1) is 11.0 Å². The van der Waals surface area contributed by atoms with Crippen LogP contribution >= 0.6 is 0 Å². The van der Waals surface area contributed by atoms with Gasteiger partial charge in [-0.2, -0.15) is 0 Å². The molecule has 7 aromatic carbocycles. The average Bonchev–Trinajstić information content (AvgIpc) is 3.43. The van der Waals surface area contributed by atoms with Crippen molar-refractivity contribution in [1.82, 2.24) is 9.38 Å². The summed E-state index contributed by atoms with van der Waals surface area (Å²) in [5.74, 6) is 0. The van der Waals surface area contributed by atoms with Gasteiger partial charge in [0.2, 0.25) is 0 Å². The van der Waals surface area contributed by atoms with Gasteiger partial charge in [-0.25, -0.2) is 4.98 Å². The summed E-state index contributed by atoms with van der Waals surface area (Å²) in [6.07, 6.45) is 0. The van der Waals surface area contributed by atoms with E-state index in [2.05, 4.69) is 123 Å². The molecular weight excluding hydrogens is 511 g/mol. The number of pyridine rings is 1. The number of imidazole rings is 1. The van der Waals surface area contributed by atoms with Crippen molar-refractivity contribution in [3.8, 4) is 22.3 Å². The number of fused-ring (bicyclic) bond motifs is 6. The molecule has 0 saturated heterocycles. The standard InChI is InChI=1S/C38H23BN2O/c39-33-17-16-31-35-29(33)10-5-11-30(35)37-40-36-32(27-15-13-23-7-2-4-9-25(23)19-27)20-28(21-34(36)41(37)38(31)42)26-14-12-22-6-1-3-8-24(22)18-26/h1-21H,39H2. The third kappa shape index (κ3) is 3.23. The molecule has 4 heteroatoms. The molecule has 0 saturated carbocycles. The van der Waals surface area contributed by atoms with E-state index in [1.54, 1.807) is 0 Å². The lowest BCUT2D eigenvalue weighted by atomic mass is 9.88. The highest BCUT2D eigenvalue weighted by Gasteiger charge is 2.20. The van der Waals surface area contributed by atoms with Crippen molar-refractivity contribution in [1.29, 1.82) is 0 Å². The second-order valence-electron chi connectivity index (χ2n) is 11.2. The fourth-order valence-electron chi connectivity index (χ4n) is 6.71. The zero-order valence-electron chi connectivity index (χ0n) is 22.9. The molecule has 3 nitrogen and oxygen atoms in total. The Morgan fingerprint density at radius 3 is 1.98 bits per heavy atom. The first-order chi connectivity index (χ1) is 20.6. The normalized spacial score (nSPS) is 12.0. The van der Waals surface area contributed by atoms with Crippen LogP contribution < -0.4 is 11.0 Å². The number of benzene rings is 7. The molecule has 9 rings (SSSR count). The SMILES string of the molecule is Bc1ccc2c(=O)n3c4cc(-c5ccc6ccccc6c5)cc(-c5ccc6ccccc6c5)c4nc3c3cccc1c23. The Balaban J connectivity index is 1.44. The molecule has 194 valence electrons. The van der Waals surface area contributed by atoms with E-state index in [-0.39, 0.29) is 5.56 Å². The van der Waals surface area contributed by atoms with Crippen molar-refractivity contribution in [3.63, 3.8) is 0 Å². The molecule has 0 atom stereocenters. The minimum atomic E-state index is -0.0312. The minimum absolute atomic E-state index is 0.0312. The summed E-state index contributed by atoms with van der Waals surface area (Å²) in [5.41, 5.74) is 7.75. The molecule has 0 radical (unpaired) electrons. The molecule has 42 heavy (non-hydrogen) atoms. The van der Waals surface area contributed by atoms with E-state index in [1.165, 1.54) is 21.5 Å². The summed E-state index contributed by atoms with van der Waals surface area (Å²) in [5, 5.41) is 8.57. The Bertz CT molecular complexity index is 2620. The van der Waals surface area contributed by atoms with Crippen LogP contribution in [0.25, 0.3) is 82.0 Å². The molecule has 0 aliphatic carbocycles. The van der Waals surface area contributed by atoms with Crippen LogP contribution in [0.4, 0.5) is 0 Å². The zero-order chi connectivity index (χ0) is 27.9. The predicted molar refractivity (Wildman–Crippen MR) is 179 cm³/mol. The maximum absolute atomic E-state index is 14.2. The van der Waals surface area contributed by atoms with Crippen molar-refractivity contribution >= 4 is 73.1 Å². The Kier molecular flexibility index (Phi) is 4.71. The summed E-state index contributed by atoms with van der Waals surface area (Å²) in [4.78, 5) is 19.5. The quantitative estimate of drug-likeness (QED) is 0.216. The van der Waals surface area contributed by atoms with Gasteiger partial charge in [-0.15, -0.1) is 0 Å². The van der Waals surface area contributed by atoms with Gasteiger partial charge in [-0.1, -0.05) is 103 Å². The lowest BCUT2D eigenvalue weighted by Gasteiger charge is -2.11. The van der Waals surface area contributed by atoms with Crippen molar-refractivity contribution in [2.75, 3.05) is 0 Å². The molecule has 2 aromatic heterocycles. The minimum Gasteiger partial charge on any atom is -0.268 e. The molecule has 9 aromatic rings. The van der Waals surface area contributed by atoms with E-state index in [9.17, 15) is 4.79 Å². The fourth-order valence-corrected chi connectivity index (χ4v) is 6.71. The highest BCUT2D eigenvalue weighted by molar-refractivity contribution is 6.41. The Labute approximate surface area is 242 Å². The zero-order valence-corrected chi connectivity index (χ0v) is 22.9.